The van der Waals surface area contributed by atoms with Crippen LogP contribution in [0.1, 0.15) is 5.69 Å². The molecular formula is C27H16BrClN4O2. The number of aromatic nitrogens is 3. The van der Waals surface area contributed by atoms with Gasteiger partial charge in [-0.25, -0.2) is 4.98 Å². The summed E-state index contributed by atoms with van der Waals surface area (Å²) in [5, 5.41) is 6.45. The van der Waals surface area contributed by atoms with Gasteiger partial charge in [0.15, 0.2) is 5.76 Å². The number of para-hydroxylation sites is 1. The van der Waals surface area contributed by atoms with Crippen molar-refractivity contribution < 1.29 is 4.42 Å². The molecule has 3 aromatic carbocycles. The Morgan fingerprint density at radius 1 is 0.971 bits per heavy atom. The van der Waals surface area contributed by atoms with Gasteiger partial charge in [-0.15, -0.1) is 0 Å². The van der Waals surface area contributed by atoms with Crippen molar-refractivity contribution >= 4 is 55.6 Å². The van der Waals surface area contributed by atoms with Crippen LogP contribution in [0, 0.1) is 0 Å². The molecule has 0 bridgehead atoms. The average molecular weight is 544 g/mol. The van der Waals surface area contributed by atoms with Crippen molar-refractivity contribution in [2.75, 3.05) is 0 Å². The van der Waals surface area contributed by atoms with E-state index in [0.717, 1.165) is 21.2 Å². The molecule has 0 aliphatic rings. The summed E-state index contributed by atoms with van der Waals surface area (Å²) >= 11 is 9.61. The molecule has 0 N–H and O–H groups in total. The lowest BCUT2D eigenvalue weighted by atomic mass is 10.2. The number of halogens is 2. The molecule has 6 aromatic rings. The Morgan fingerprint density at radius 3 is 2.66 bits per heavy atom. The maximum absolute atomic E-state index is 13.5. The molecule has 0 amide bonds. The highest BCUT2D eigenvalue weighted by molar-refractivity contribution is 9.10. The fourth-order valence-corrected chi connectivity index (χ4v) is 4.41. The van der Waals surface area contributed by atoms with E-state index in [2.05, 4.69) is 21.0 Å². The predicted molar refractivity (Wildman–Crippen MR) is 143 cm³/mol. The largest absolute Gasteiger partial charge is 0.453 e. The Kier molecular flexibility index (Phi) is 5.36. The molecule has 6 rings (SSSR count). The highest BCUT2D eigenvalue weighted by Crippen LogP contribution is 2.29. The number of benzene rings is 3. The minimum atomic E-state index is -0.290. The molecule has 0 fully saturated rings. The number of rotatable bonds is 4. The van der Waals surface area contributed by atoms with Gasteiger partial charge in [-0.05, 0) is 72.8 Å². The zero-order valence-corrected chi connectivity index (χ0v) is 20.4. The van der Waals surface area contributed by atoms with Crippen LogP contribution < -0.4 is 5.56 Å². The number of hydrogen-bond acceptors (Lipinski definition) is 4. The lowest BCUT2D eigenvalue weighted by Gasteiger charge is -2.08. The van der Waals surface area contributed by atoms with Gasteiger partial charge in [0.25, 0.3) is 5.56 Å². The van der Waals surface area contributed by atoms with E-state index in [9.17, 15) is 4.79 Å². The summed E-state index contributed by atoms with van der Waals surface area (Å²) in [4.78, 5) is 18.2. The van der Waals surface area contributed by atoms with Crippen LogP contribution in [-0.4, -0.2) is 20.4 Å². The van der Waals surface area contributed by atoms with Crippen LogP contribution in [0.3, 0.4) is 0 Å². The van der Waals surface area contributed by atoms with Crippen molar-refractivity contribution in [2.45, 2.75) is 0 Å². The normalized spacial score (nSPS) is 11.7. The molecule has 170 valence electrons. The van der Waals surface area contributed by atoms with E-state index >= 15 is 0 Å². The summed E-state index contributed by atoms with van der Waals surface area (Å²) in [6.45, 7) is 0. The molecule has 3 aromatic heterocycles. The summed E-state index contributed by atoms with van der Waals surface area (Å²) in [7, 11) is 0. The Bertz CT molecular complexity index is 1800. The maximum atomic E-state index is 13.5. The van der Waals surface area contributed by atoms with Crippen molar-refractivity contribution in [2.24, 2.45) is 5.10 Å². The van der Waals surface area contributed by atoms with Crippen molar-refractivity contribution in [3.05, 3.63) is 117 Å². The van der Waals surface area contributed by atoms with Crippen LogP contribution in [0.2, 0.25) is 5.02 Å². The lowest BCUT2D eigenvalue weighted by Crippen LogP contribution is -2.20. The quantitative estimate of drug-likeness (QED) is 0.227. The molecule has 0 aliphatic carbocycles. The van der Waals surface area contributed by atoms with Gasteiger partial charge in [0.2, 0.25) is 5.82 Å². The van der Waals surface area contributed by atoms with E-state index < -0.39 is 0 Å². The fraction of sp³-hybridized carbons (Fsp3) is 0. The molecule has 6 nitrogen and oxygen atoms in total. The Morgan fingerprint density at radius 2 is 1.80 bits per heavy atom. The standard InChI is InChI=1S/C27H16BrClN4O2/c28-18-7-10-20(11-8-18)32-13-3-4-21(32)16-30-33-26(31-23-6-2-1-5-22(23)27(33)34)25-15-17-14-19(29)9-12-24(17)35-25/h1-16H. The van der Waals surface area contributed by atoms with Gasteiger partial charge in [-0.2, -0.15) is 9.78 Å². The second-order valence-corrected chi connectivity index (χ2v) is 9.24. The number of fused-ring (bicyclic) bond motifs is 2. The van der Waals surface area contributed by atoms with Gasteiger partial charge in [0, 0.05) is 26.8 Å². The molecule has 0 aliphatic heterocycles. The van der Waals surface area contributed by atoms with Crippen LogP contribution in [0.25, 0.3) is 39.1 Å². The molecular weight excluding hydrogens is 528 g/mol. The molecule has 0 saturated carbocycles. The highest BCUT2D eigenvalue weighted by atomic mass is 79.9. The van der Waals surface area contributed by atoms with Crippen molar-refractivity contribution in [1.29, 1.82) is 0 Å². The summed E-state index contributed by atoms with van der Waals surface area (Å²) < 4.78 is 10.3. The van der Waals surface area contributed by atoms with E-state index in [0.29, 0.717) is 33.1 Å². The third-order valence-corrected chi connectivity index (χ3v) is 6.41. The first-order chi connectivity index (χ1) is 17.1. The van der Waals surface area contributed by atoms with Gasteiger partial charge in [-0.3, -0.25) is 4.79 Å². The van der Waals surface area contributed by atoms with Crippen molar-refractivity contribution in [1.82, 2.24) is 14.2 Å². The monoisotopic (exact) mass is 542 g/mol. The molecule has 0 radical (unpaired) electrons. The number of hydrogen-bond donors (Lipinski definition) is 0. The molecule has 35 heavy (non-hydrogen) atoms. The van der Waals surface area contributed by atoms with E-state index in [1.807, 2.05) is 65.4 Å². The van der Waals surface area contributed by atoms with Gasteiger partial charge in [0.05, 0.1) is 22.8 Å². The first-order valence-electron chi connectivity index (χ1n) is 10.8. The topological polar surface area (TPSA) is 65.3 Å². The smallest absolute Gasteiger partial charge is 0.282 e. The second kappa shape index (κ2) is 8.69. The zero-order chi connectivity index (χ0) is 23.9. The minimum Gasteiger partial charge on any atom is -0.453 e. The Labute approximate surface area is 212 Å². The SMILES string of the molecule is O=c1c2ccccc2nc(-c2cc3cc(Cl)ccc3o2)n1N=Cc1cccn1-c1ccc(Br)cc1. The van der Waals surface area contributed by atoms with Crippen LogP contribution in [0.4, 0.5) is 0 Å². The van der Waals surface area contributed by atoms with E-state index in [4.69, 9.17) is 21.0 Å². The lowest BCUT2D eigenvalue weighted by molar-refractivity contribution is 0.616. The summed E-state index contributed by atoms with van der Waals surface area (Å²) in [6, 6.07) is 26.1. The fourth-order valence-electron chi connectivity index (χ4n) is 3.97. The van der Waals surface area contributed by atoms with E-state index in [1.54, 1.807) is 36.5 Å². The molecule has 8 heteroatoms. The Balaban J connectivity index is 1.52. The molecule has 0 spiro atoms. The molecule has 0 atom stereocenters. The summed E-state index contributed by atoms with van der Waals surface area (Å²) in [5.74, 6) is 0.726. The van der Waals surface area contributed by atoms with Gasteiger partial charge < -0.3 is 8.98 Å². The number of furan rings is 1. The van der Waals surface area contributed by atoms with Crippen LogP contribution in [-0.2, 0) is 0 Å². The molecule has 3 heterocycles. The first kappa shape index (κ1) is 21.6. The molecule has 0 unspecified atom stereocenters. The number of nitrogens with zero attached hydrogens (tertiary/aromatic N) is 4. The van der Waals surface area contributed by atoms with Crippen molar-refractivity contribution in [3.63, 3.8) is 0 Å². The second-order valence-electron chi connectivity index (χ2n) is 7.89. The Hall–Kier alpha value is -3.94. The third kappa shape index (κ3) is 3.99. The molecule has 0 saturated heterocycles. The highest BCUT2D eigenvalue weighted by Gasteiger charge is 2.16. The van der Waals surface area contributed by atoms with Crippen LogP contribution in [0.15, 0.2) is 110 Å². The van der Waals surface area contributed by atoms with Crippen molar-refractivity contribution in [3.8, 4) is 17.3 Å². The first-order valence-corrected chi connectivity index (χ1v) is 11.9. The van der Waals surface area contributed by atoms with Gasteiger partial charge >= 0.3 is 0 Å². The van der Waals surface area contributed by atoms with Gasteiger partial charge in [0.1, 0.15) is 5.58 Å². The van der Waals surface area contributed by atoms with E-state index in [-0.39, 0.29) is 5.56 Å². The summed E-state index contributed by atoms with van der Waals surface area (Å²) in [5.41, 5.74) is 2.69. The summed E-state index contributed by atoms with van der Waals surface area (Å²) in [6.07, 6.45) is 3.58. The van der Waals surface area contributed by atoms with Gasteiger partial charge in [-0.1, -0.05) is 39.7 Å². The van der Waals surface area contributed by atoms with E-state index in [1.165, 1.54) is 4.68 Å². The zero-order valence-electron chi connectivity index (χ0n) is 18.1. The predicted octanol–water partition coefficient (Wildman–Crippen LogP) is 6.90. The minimum absolute atomic E-state index is 0.290. The third-order valence-electron chi connectivity index (χ3n) is 5.64. The van der Waals surface area contributed by atoms with Crippen LogP contribution in [0.5, 0.6) is 0 Å². The average Bonchev–Trinajstić information content (AvgIpc) is 3.50. The maximum Gasteiger partial charge on any atom is 0.282 e. The van der Waals surface area contributed by atoms with Crippen LogP contribution >= 0.6 is 27.5 Å².